The lowest BCUT2D eigenvalue weighted by Crippen LogP contribution is -2.23. The summed E-state index contributed by atoms with van der Waals surface area (Å²) in [6.07, 6.45) is 0.725. The molecule has 3 heteroatoms. The molecular weight excluding hydrogens is 286 g/mol. The van der Waals surface area contributed by atoms with E-state index in [1.807, 2.05) is 60.7 Å². The van der Waals surface area contributed by atoms with Crippen molar-refractivity contribution in [3.05, 3.63) is 83.1 Å². The van der Waals surface area contributed by atoms with Crippen LogP contribution in [0, 0.1) is 5.92 Å². The summed E-state index contributed by atoms with van der Waals surface area (Å²) in [7, 11) is 1.41. The summed E-state index contributed by atoms with van der Waals surface area (Å²) < 4.78 is 4.86. The first kappa shape index (κ1) is 15.2. The summed E-state index contributed by atoms with van der Waals surface area (Å²) in [5.74, 6) is -0.00570. The molecule has 0 bridgehead atoms. The van der Waals surface area contributed by atoms with Crippen LogP contribution in [-0.4, -0.2) is 18.8 Å². The number of ether oxygens (including phenoxy) is 1. The van der Waals surface area contributed by atoms with E-state index >= 15 is 0 Å². The standard InChI is InChI=1S/C20H19NO2/c1-14-13-17(20(22)23-2)18(14)21-19(15-9-5-3-6-10-15)16-11-7-4-8-12-16/h3-12,14H,13H2,1-2H3. The average Bonchev–Trinajstić information content (AvgIpc) is 2.61. The second-order valence-electron chi connectivity index (χ2n) is 5.65. The molecule has 0 radical (unpaired) electrons. The maximum atomic E-state index is 11.9. The zero-order valence-corrected chi connectivity index (χ0v) is 13.3. The van der Waals surface area contributed by atoms with Crippen molar-refractivity contribution in [2.75, 3.05) is 7.11 Å². The highest BCUT2D eigenvalue weighted by molar-refractivity contribution is 6.13. The van der Waals surface area contributed by atoms with Crippen LogP contribution in [0.4, 0.5) is 0 Å². The molecule has 2 aromatic carbocycles. The SMILES string of the molecule is COC(=O)C1=C(N=C(c2ccccc2)c2ccccc2)C(C)C1. The largest absolute Gasteiger partial charge is 0.466 e. The van der Waals surface area contributed by atoms with Gasteiger partial charge in [0.2, 0.25) is 0 Å². The van der Waals surface area contributed by atoms with Gasteiger partial charge < -0.3 is 4.74 Å². The second-order valence-corrected chi connectivity index (χ2v) is 5.65. The molecule has 1 aliphatic carbocycles. The normalized spacial score (nSPS) is 16.5. The summed E-state index contributed by atoms with van der Waals surface area (Å²) in [5.41, 5.74) is 4.47. The number of allylic oxidation sites excluding steroid dienone is 1. The molecule has 0 amide bonds. The van der Waals surface area contributed by atoms with Crippen LogP contribution >= 0.6 is 0 Å². The first-order chi connectivity index (χ1) is 11.2. The van der Waals surface area contributed by atoms with Crippen LogP contribution in [0.3, 0.4) is 0 Å². The summed E-state index contributed by atoms with van der Waals surface area (Å²) in [6.45, 7) is 2.08. The van der Waals surface area contributed by atoms with Crippen LogP contribution < -0.4 is 0 Å². The molecule has 0 heterocycles. The molecule has 0 N–H and O–H groups in total. The van der Waals surface area contributed by atoms with E-state index in [0.29, 0.717) is 5.57 Å². The smallest absolute Gasteiger partial charge is 0.335 e. The summed E-state index contributed by atoms with van der Waals surface area (Å²) in [4.78, 5) is 16.7. The fraction of sp³-hybridized carbons (Fsp3) is 0.200. The van der Waals surface area contributed by atoms with E-state index in [1.54, 1.807) is 0 Å². The Bertz CT molecular complexity index is 719. The number of nitrogens with zero attached hydrogens (tertiary/aromatic N) is 1. The number of aliphatic imine (C=N–C) groups is 1. The zero-order valence-electron chi connectivity index (χ0n) is 13.3. The summed E-state index contributed by atoms with van der Waals surface area (Å²) in [6, 6.07) is 20.1. The summed E-state index contributed by atoms with van der Waals surface area (Å²) >= 11 is 0. The maximum Gasteiger partial charge on any atom is 0.335 e. The number of benzene rings is 2. The van der Waals surface area contributed by atoms with Crippen molar-refractivity contribution in [1.29, 1.82) is 0 Å². The maximum absolute atomic E-state index is 11.9. The Hall–Kier alpha value is -2.68. The van der Waals surface area contributed by atoms with Gasteiger partial charge in [0.15, 0.2) is 0 Å². The van der Waals surface area contributed by atoms with E-state index in [2.05, 4.69) is 6.92 Å². The Morgan fingerprint density at radius 3 is 1.96 bits per heavy atom. The Balaban J connectivity index is 2.11. The third-order valence-corrected chi connectivity index (χ3v) is 4.04. The van der Waals surface area contributed by atoms with Crippen LogP contribution in [0.25, 0.3) is 0 Å². The van der Waals surface area contributed by atoms with Gasteiger partial charge in [0.05, 0.1) is 24.1 Å². The monoisotopic (exact) mass is 305 g/mol. The van der Waals surface area contributed by atoms with Gasteiger partial charge in [0, 0.05) is 17.0 Å². The topological polar surface area (TPSA) is 38.7 Å². The van der Waals surface area contributed by atoms with Crippen molar-refractivity contribution >= 4 is 11.7 Å². The van der Waals surface area contributed by atoms with Crippen molar-refractivity contribution in [1.82, 2.24) is 0 Å². The van der Waals surface area contributed by atoms with Gasteiger partial charge in [-0.15, -0.1) is 0 Å². The fourth-order valence-electron chi connectivity index (χ4n) is 2.77. The van der Waals surface area contributed by atoms with Crippen molar-refractivity contribution < 1.29 is 9.53 Å². The minimum atomic E-state index is -0.276. The van der Waals surface area contributed by atoms with Gasteiger partial charge in [-0.05, 0) is 6.42 Å². The number of hydrogen-bond acceptors (Lipinski definition) is 3. The van der Waals surface area contributed by atoms with E-state index in [1.165, 1.54) is 7.11 Å². The van der Waals surface area contributed by atoms with E-state index in [9.17, 15) is 4.79 Å². The molecule has 0 aromatic heterocycles. The first-order valence-electron chi connectivity index (χ1n) is 7.71. The molecule has 1 atom stereocenters. The Kier molecular flexibility index (Phi) is 4.38. The number of carbonyl (C=O) groups is 1. The predicted octanol–water partition coefficient (Wildman–Crippen LogP) is 3.99. The molecule has 2 aromatic rings. The number of carbonyl (C=O) groups excluding carboxylic acids is 1. The number of methoxy groups -OCH3 is 1. The third kappa shape index (κ3) is 3.09. The van der Waals surface area contributed by atoms with E-state index < -0.39 is 0 Å². The molecule has 1 aliphatic rings. The predicted molar refractivity (Wildman–Crippen MR) is 91.3 cm³/mol. The quantitative estimate of drug-likeness (QED) is 0.633. The highest BCUT2D eigenvalue weighted by Crippen LogP contribution is 2.36. The molecule has 0 aliphatic heterocycles. The van der Waals surface area contributed by atoms with Crippen molar-refractivity contribution in [3.8, 4) is 0 Å². The molecule has 0 saturated heterocycles. The molecular formula is C20H19NO2. The molecule has 23 heavy (non-hydrogen) atoms. The lowest BCUT2D eigenvalue weighted by molar-refractivity contribution is -0.136. The van der Waals surface area contributed by atoms with Crippen molar-refractivity contribution in [2.45, 2.75) is 13.3 Å². The van der Waals surface area contributed by atoms with Gasteiger partial charge >= 0.3 is 5.97 Å². The zero-order chi connectivity index (χ0) is 16.2. The Morgan fingerprint density at radius 2 is 1.52 bits per heavy atom. The average molecular weight is 305 g/mol. The lowest BCUT2D eigenvalue weighted by atomic mass is 9.83. The van der Waals surface area contributed by atoms with Crippen LogP contribution in [0.1, 0.15) is 24.5 Å². The van der Waals surface area contributed by atoms with Gasteiger partial charge in [0.25, 0.3) is 0 Å². The van der Waals surface area contributed by atoms with Crippen LogP contribution in [0.2, 0.25) is 0 Å². The van der Waals surface area contributed by atoms with Gasteiger partial charge in [-0.3, -0.25) is 4.99 Å². The molecule has 3 rings (SSSR count). The van der Waals surface area contributed by atoms with Gasteiger partial charge in [0.1, 0.15) is 0 Å². The van der Waals surface area contributed by atoms with E-state index in [4.69, 9.17) is 9.73 Å². The van der Waals surface area contributed by atoms with E-state index in [-0.39, 0.29) is 11.9 Å². The molecule has 0 spiro atoms. The van der Waals surface area contributed by atoms with Crippen LogP contribution in [0.5, 0.6) is 0 Å². The van der Waals surface area contributed by atoms with E-state index in [0.717, 1.165) is 29.0 Å². The highest BCUT2D eigenvalue weighted by atomic mass is 16.5. The summed E-state index contributed by atoms with van der Waals surface area (Å²) in [5, 5.41) is 0. The minimum absolute atomic E-state index is 0.270. The van der Waals surface area contributed by atoms with Crippen molar-refractivity contribution in [2.24, 2.45) is 10.9 Å². The molecule has 0 saturated carbocycles. The fourth-order valence-corrected chi connectivity index (χ4v) is 2.77. The molecule has 1 unspecified atom stereocenters. The Labute approximate surface area is 136 Å². The molecule has 0 fully saturated rings. The third-order valence-electron chi connectivity index (χ3n) is 4.04. The van der Waals surface area contributed by atoms with Gasteiger partial charge in [-0.2, -0.15) is 0 Å². The van der Waals surface area contributed by atoms with Crippen LogP contribution in [-0.2, 0) is 9.53 Å². The first-order valence-corrected chi connectivity index (χ1v) is 7.71. The number of hydrogen-bond donors (Lipinski definition) is 0. The highest BCUT2D eigenvalue weighted by Gasteiger charge is 2.31. The minimum Gasteiger partial charge on any atom is -0.466 e. The Morgan fingerprint density at radius 1 is 1.00 bits per heavy atom. The van der Waals surface area contributed by atoms with Gasteiger partial charge in [-0.25, -0.2) is 4.79 Å². The number of esters is 1. The number of rotatable bonds is 4. The lowest BCUT2D eigenvalue weighted by Gasteiger charge is -2.27. The van der Waals surface area contributed by atoms with Crippen LogP contribution in [0.15, 0.2) is 76.9 Å². The molecule has 3 nitrogen and oxygen atoms in total. The van der Waals surface area contributed by atoms with Gasteiger partial charge in [-0.1, -0.05) is 67.6 Å². The second kappa shape index (κ2) is 6.61. The molecule has 116 valence electrons. The van der Waals surface area contributed by atoms with Crippen molar-refractivity contribution in [3.63, 3.8) is 0 Å².